The number of primary amides is 1. The number of benzene rings is 3. The minimum Gasteiger partial charge on any atom is -0.457 e. The molecule has 3 N–H and O–H groups in total. The van der Waals surface area contributed by atoms with Gasteiger partial charge in [-0.25, -0.2) is 0 Å². The van der Waals surface area contributed by atoms with E-state index in [1.54, 1.807) is 48.5 Å². The van der Waals surface area contributed by atoms with Crippen LogP contribution in [-0.4, -0.2) is 36.3 Å². The van der Waals surface area contributed by atoms with Crippen molar-refractivity contribution < 1.29 is 14.3 Å². The van der Waals surface area contributed by atoms with E-state index in [-0.39, 0.29) is 11.9 Å². The lowest BCUT2D eigenvalue weighted by Crippen LogP contribution is -2.38. The number of hydrogen-bond donors (Lipinski definition) is 2. The van der Waals surface area contributed by atoms with Crippen LogP contribution in [-0.2, 0) is 0 Å². The molecule has 3 rings (SSSR count). The Morgan fingerprint density at radius 2 is 1.38 bits per heavy atom. The Morgan fingerprint density at radius 1 is 0.844 bits per heavy atom. The molecule has 166 valence electrons. The molecule has 0 aliphatic heterocycles. The largest absolute Gasteiger partial charge is 0.457 e. The fourth-order valence-electron chi connectivity index (χ4n) is 3.59. The maximum atomic E-state index is 12.7. The van der Waals surface area contributed by atoms with Crippen molar-refractivity contribution in [2.45, 2.75) is 19.9 Å². The van der Waals surface area contributed by atoms with Crippen molar-refractivity contribution in [1.82, 2.24) is 10.2 Å². The van der Waals surface area contributed by atoms with Gasteiger partial charge in [0.05, 0.1) is 6.04 Å². The topological polar surface area (TPSA) is 84.7 Å². The molecule has 32 heavy (non-hydrogen) atoms. The van der Waals surface area contributed by atoms with E-state index in [9.17, 15) is 9.59 Å². The average molecular weight is 432 g/mol. The van der Waals surface area contributed by atoms with Crippen LogP contribution in [0.1, 0.15) is 46.2 Å². The predicted molar refractivity (Wildman–Crippen MR) is 126 cm³/mol. The molecule has 0 spiro atoms. The molecule has 6 nitrogen and oxygen atoms in total. The van der Waals surface area contributed by atoms with E-state index in [0.717, 1.165) is 13.1 Å². The van der Waals surface area contributed by atoms with E-state index in [1.807, 2.05) is 18.2 Å². The van der Waals surface area contributed by atoms with Crippen LogP contribution in [0.4, 0.5) is 0 Å². The SMILES string of the molecule is CCN(CC)C(CNC(=O)c1ccc(Oc2ccc(C(N)=O)cc2)cc1)c1ccccc1. The number of ether oxygens (including phenoxy) is 1. The Hall–Kier alpha value is -3.64. The minimum absolute atomic E-state index is 0.112. The third-order valence-corrected chi connectivity index (χ3v) is 5.38. The van der Waals surface area contributed by atoms with Crippen molar-refractivity contribution in [2.75, 3.05) is 19.6 Å². The number of nitrogens with one attached hydrogen (secondary N) is 1. The summed E-state index contributed by atoms with van der Waals surface area (Å²) in [6.45, 7) is 6.58. The first-order valence-electron chi connectivity index (χ1n) is 10.8. The number of nitrogens with two attached hydrogens (primary N) is 1. The Morgan fingerprint density at radius 3 is 1.88 bits per heavy atom. The van der Waals surface area contributed by atoms with Gasteiger partial charge in [0.25, 0.3) is 5.91 Å². The van der Waals surface area contributed by atoms with Gasteiger partial charge >= 0.3 is 0 Å². The molecular formula is C26H29N3O3. The number of carbonyl (C=O) groups excluding carboxylic acids is 2. The summed E-state index contributed by atoms with van der Waals surface area (Å²) in [5.74, 6) is 0.564. The van der Waals surface area contributed by atoms with Crippen molar-refractivity contribution in [3.05, 3.63) is 95.6 Å². The van der Waals surface area contributed by atoms with Crippen molar-refractivity contribution in [1.29, 1.82) is 0 Å². The lowest BCUT2D eigenvalue weighted by molar-refractivity contribution is 0.0934. The van der Waals surface area contributed by atoms with Crippen LogP contribution in [0, 0.1) is 0 Å². The summed E-state index contributed by atoms with van der Waals surface area (Å²) in [5, 5.41) is 3.07. The molecule has 0 radical (unpaired) electrons. The molecule has 3 aromatic carbocycles. The van der Waals surface area contributed by atoms with Crippen LogP contribution in [0.2, 0.25) is 0 Å². The van der Waals surface area contributed by atoms with Crippen molar-refractivity contribution in [3.63, 3.8) is 0 Å². The fraction of sp³-hybridized carbons (Fsp3) is 0.231. The zero-order valence-corrected chi connectivity index (χ0v) is 18.5. The summed E-state index contributed by atoms with van der Waals surface area (Å²) in [4.78, 5) is 26.2. The van der Waals surface area contributed by atoms with Gasteiger partial charge in [0.15, 0.2) is 0 Å². The molecule has 0 aliphatic rings. The number of carbonyl (C=O) groups is 2. The molecule has 1 unspecified atom stereocenters. The molecule has 0 bridgehead atoms. The Bertz CT molecular complexity index is 1010. The molecule has 0 saturated heterocycles. The molecule has 0 aliphatic carbocycles. The highest BCUT2D eigenvalue weighted by molar-refractivity contribution is 5.94. The number of likely N-dealkylation sites (N-methyl/N-ethyl adjacent to an activating group) is 1. The minimum atomic E-state index is -0.484. The highest BCUT2D eigenvalue weighted by Crippen LogP contribution is 2.23. The Kier molecular flexibility index (Phi) is 8.00. The number of rotatable bonds is 10. The summed E-state index contributed by atoms with van der Waals surface area (Å²) in [7, 11) is 0. The van der Waals surface area contributed by atoms with Crippen LogP contribution in [0.3, 0.4) is 0 Å². The molecule has 0 saturated carbocycles. The summed E-state index contributed by atoms with van der Waals surface area (Å²) in [5.41, 5.74) is 7.41. The first-order valence-corrected chi connectivity index (χ1v) is 10.8. The maximum Gasteiger partial charge on any atom is 0.251 e. The van der Waals surface area contributed by atoms with E-state index >= 15 is 0 Å². The number of nitrogens with zero attached hydrogens (tertiary/aromatic N) is 1. The third kappa shape index (κ3) is 5.95. The van der Waals surface area contributed by atoms with Gasteiger partial charge in [0, 0.05) is 17.7 Å². The molecule has 0 heterocycles. The summed E-state index contributed by atoms with van der Waals surface area (Å²) >= 11 is 0. The quantitative estimate of drug-likeness (QED) is 0.499. The van der Waals surface area contributed by atoms with E-state index in [1.165, 1.54) is 5.56 Å². The lowest BCUT2D eigenvalue weighted by atomic mass is 10.0. The van der Waals surface area contributed by atoms with E-state index < -0.39 is 5.91 Å². The summed E-state index contributed by atoms with van der Waals surface area (Å²) in [6, 6.07) is 23.9. The van der Waals surface area contributed by atoms with Gasteiger partial charge in [-0.1, -0.05) is 44.2 Å². The second-order valence-electron chi connectivity index (χ2n) is 7.37. The van der Waals surface area contributed by atoms with Gasteiger partial charge in [-0.05, 0) is 67.2 Å². The van der Waals surface area contributed by atoms with Crippen LogP contribution >= 0.6 is 0 Å². The van der Waals surface area contributed by atoms with Gasteiger partial charge < -0.3 is 15.8 Å². The smallest absolute Gasteiger partial charge is 0.251 e. The predicted octanol–water partition coefficient (Wildman–Crippen LogP) is 4.39. The number of amides is 2. The van der Waals surface area contributed by atoms with Crippen LogP contribution in [0.5, 0.6) is 11.5 Å². The second kappa shape index (κ2) is 11.1. The molecular weight excluding hydrogens is 402 g/mol. The van der Waals surface area contributed by atoms with Crippen molar-refractivity contribution in [3.8, 4) is 11.5 Å². The van der Waals surface area contributed by atoms with Gasteiger partial charge in [-0.15, -0.1) is 0 Å². The van der Waals surface area contributed by atoms with E-state index in [4.69, 9.17) is 10.5 Å². The maximum absolute atomic E-state index is 12.7. The zero-order valence-electron chi connectivity index (χ0n) is 18.5. The molecule has 1 atom stereocenters. The Balaban J connectivity index is 1.62. The molecule has 2 amide bonds. The highest BCUT2D eigenvalue weighted by Gasteiger charge is 2.19. The average Bonchev–Trinajstić information content (AvgIpc) is 2.83. The van der Waals surface area contributed by atoms with Crippen molar-refractivity contribution >= 4 is 11.8 Å². The normalized spacial score (nSPS) is 11.7. The third-order valence-electron chi connectivity index (χ3n) is 5.38. The highest BCUT2D eigenvalue weighted by atomic mass is 16.5. The summed E-state index contributed by atoms with van der Waals surface area (Å²) < 4.78 is 5.77. The first-order chi connectivity index (χ1) is 15.5. The van der Waals surface area contributed by atoms with E-state index in [0.29, 0.717) is 29.2 Å². The zero-order chi connectivity index (χ0) is 22.9. The van der Waals surface area contributed by atoms with Crippen molar-refractivity contribution in [2.24, 2.45) is 5.73 Å². The van der Waals surface area contributed by atoms with Crippen LogP contribution < -0.4 is 15.8 Å². The molecule has 0 aromatic heterocycles. The van der Waals surface area contributed by atoms with E-state index in [2.05, 4.69) is 36.2 Å². The van der Waals surface area contributed by atoms with Gasteiger partial charge in [-0.2, -0.15) is 0 Å². The summed E-state index contributed by atoms with van der Waals surface area (Å²) in [6.07, 6.45) is 0. The first kappa shape index (κ1) is 23.0. The fourth-order valence-corrected chi connectivity index (χ4v) is 3.59. The standard InChI is InChI=1S/C26H29N3O3/c1-3-29(4-2)24(19-8-6-5-7-9-19)18-28-26(31)21-12-16-23(17-13-21)32-22-14-10-20(11-15-22)25(27)30/h5-17,24H,3-4,18H2,1-2H3,(H2,27,30)(H,28,31). The Labute approximate surface area is 189 Å². The van der Waals surface area contributed by atoms with Gasteiger partial charge in [0.1, 0.15) is 11.5 Å². The lowest BCUT2D eigenvalue weighted by Gasteiger charge is -2.30. The molecule has 3 aromatic rings. The van der Waals surface area contributed by atoms with Crippen LogP contribution in [0.15, 0.2) is 78.9 Å². The monoisotopic (exact) mass is 431 g/mol. The van der Waals surface area contributed by atoms with Gasteiger partial charge in [-0.3, -0.25) is 14.5 Å². The molecule has 6 heteroatoms. The van der Waals surface area contributed by atoms with Crippen LogP contribution in [0.25, 0.3) is 0 Å². The second-order valence-corrected chi connectivity index (χ2v) is 7.37. The van der Waals surface area contributed by atoms with Gasteiger partial charge in [0.2, 0.25) is 5.91 Å². The molecule has 0 fully saturated rings. The number of hydrogen-bond acceptors (Lipinski definition) is 4.